The summed E-state index contributed by atoms with van der Waals surface area (Å²) in [5.41, 5.74) is 9.58. The molecular formula is C20H32N2O7S. The molecule has 0 fully saturated rings. The lowest BCUT2D eigenvalue weighted by Gasteiger charge is -2.51. The number of hydrogen-bond donors (Lipinski definition) is 5. The first-order valence-corrected chi connectivity index (χ1v) is 10.8. The van der Waals surface area contributed by atoms with E-state index in [-0.39, 0.29) is 4.90 Å². The zero-order valence-electron chi connectivity index (χ0n) is 18.1. The van der Waals surface area contributed by atoms with Crippen LogP contribution >= 0.6 is 0 Å². The van der Waals surface area contributed by atoms with Gasteiger partial charge >= 0.3 is 11.9 Å². The largest absolute Gasteiger partial charge is 0.481 e. The van der Waals surface area contributed by atoms with Crippen molar-refractivity contribution in [2.45, 2.75) is 58.0 Å². The van der Waals surface area contributed by atoms with Crippen molar-refractivity contribution in [3.05, 3.63) is 29.8 Å². The SMILES string of the molecule is CC(C)(N)C(C(=O)O)C(C(=O)O)C(C)(C)C(C)(C)C(N)c1ccc(S(=O)(=O)O)cc1. The molecule has 0 bridgehead atoms. The summed E-state index contributed by atoms with van der Waals surface area (Å²) in [6.07, 6.45) is 0. The van der Waals surface area contributed by atoms with Crippen LogP contribution in [-0.2, 0) is 19.7 Å². The quantitative estimate of drug-likeness (QED) is 0.356. The molecule has 0 saturated heterocycles. The number of carboxylic acids is 2. The first-order valence-electron chi connectivity index (χ1n) is 9.33. The lowest BCUT2D eigenvalue weighted by atomic mass is 9.53. The summed E-state index contributed by atoms with van der Waals surface area (Å²) < 4.78 is 31.7. The van der Waals surface area contributed by atoms with E-state index in [9.17, 15) is 28.2 Å². The normalized spacial score (nSPS) is 16.6. The molecule has 3 atom stereocenters. The number of aliphatic carboxylic acids is 2. The van der Waals surface area contributed by atoms with Gasteiger partial charge in [0.15, 0.2) is 0 Å². The molecule has 30 heavy (non-hydrogen) atoms. The Morgan fingerprint density at radius 2 is 1.27 bits per heavy atom. The minimum absolute atomic E-state index is 0.297. The third kappa shape index (κ3) is 5.00. The van der Waals surface area contributed by atoms with Crippen LogP contribution in [0.4, 0.5) is 0 Å². The van der Waals surface area contributed by atoms with Gasteiger partial charge in [-0.3, -0.25) is 14.1 Å². The van der Waals surface area contributed by atoms with E-state index in [1.807, 2.05) is 0 Å². The zero-order valence-corrected chi connectivity index (χ0v) is 18.9. The van der Waals surface area contributed by atoms with Gasteiger partial charge in [0.25, 0.3) is 10.1 Å². The Morgan fingerprint density at radius 1 is 0.867 bits per heavy atom. The Bertz CT molecular complexity index is 900. The van der Waals surface area contributed by atoms with Crippen molar-refractivity contribution < 1.29 is 32.8 Å². The number of nitrogens with two attached hydrogens (primary N) is 2. The van der Waals surface area contributed by atoms with Gasteiger partial charge in [0.05, 0.1) is 16.7 Å². The monoisotopic (exact) mass is 444 g/mol. The van der Waals surface area contributed by atoms with Gasteiger partial charge in [0.1, 0.15) is 0 Å². The number of rotatable bonds is 9. The third-order valence-corrected chi connectivity index (χ3v) is 7.29. The van der Waals surface area contributed by atoms with Gasteiger partial charge < -0.3 is 21.7 Å². The molecule has 0 saturated carbocycles. The Labute approximate surface area is 177 Å². The van der Waals surface area contributed by atoms with E-state index in [2.05, 4.69) is 0 Å². The molecule has 7 N–H and O–H groups in total. The second kappa shape index (κ2) is 8.26. The molecule has 0 aromatic heterocycles. The highest BCUT2D eigenvalue weighted by Crippen LogP contribution is 2.54. The summed E-state index contributed by atoms with van der Waals surface area (Å²) in [5, 5.41) is 19.7. The Morgan fingerprint density at radius 3 is 1.57 bits per heavy atom. The summed E-state index contributed by atoms with van der Waals surface area (Å²) >= 11 is 0. The second-order valence-corrected chi connectivity index (χ2v) is 10.8. The summed E-state index contributed by atoms with van der Waals surface area (Å²) in [4.78, 5) is 23.9. The van der Waals surface area contributed by atoms with Crippen molar-refractivity contribution in [1.29, 1.82) is 0 Å². The maximum absolute atomic E-state index is 12.2. The first kappa shape index (κ1) is 26.0. The fraction of sp³-hybridized carbons (Fsp3) is 0.600. The van der Waals surface area contributed by atoms with Crippen LogP contribution in [0.3, 0.4) is 0 Å². The summed E-state index contributed by atoms with van der Waals surface area (Å²) in [6.45, 7) is 9.68. The average molecular weight is 445 g/mol. The molecule has 0 radical (unpaired) electrons. The van der Waals surface area contributed by atoms with Crippen LogP contribution in [0.2, 0.25) is 0 Å². The number of carbonyl (C=O) groups is 2. The van der Waals surface area contributed by atoms with Gasteiger partial charge in [-0.2, -0.15) is 8.42 Å². The van der Waals surface area contributed by atoms with E-state index in [1.165, 1.54) is 38.1 Å². The zero-order chi connectivity index (χ0) is 23.9. The van der Waals surface area contributed by atoms with E-state index >= 15 is 0 Å². The van der Waals surface area contributed by atoms with Crippen LogP contribution in [0.25, 0.3) is 0 Å². The Hall–Kier alpha value is -2.01. The standard InChI is InChI=1S/C20H32N2O7S/c1-18(2,13(16(23)24)14(17(25)26)20(5,6)22)19(3,4)15(21)11-7-9-12(10-8-11)30(27,28)29/h7-10,13-15H,21-22H2,1-6H3,(H,23,24)(H,25,26)(H,27,28,29). The molecule has 1 rings (SSSR count). The predicted octanol–water partition coefficient (Wildman–Crippen LogP) is 2.12. The van der Waals surface area contributed by atoms with E-state index in [1.54, 1.807) is 27.7 Å². The lowest BCUT2D eigenvalue weighted by molar-refractivity contribution is -0.167. The van der Waals surface area contributed by atoms with Gasteiger partial charge in [0, 0.05) is 11.6 Å². The number of benzene rings is 1. The van der Waals surface area contributed by atoms with Crippen LogP contribution < -0.4 is 11.5 Å². The average Bonchev–Trinajstić information content (AvgIpc) is 2.55. The van der Waals surface area contributed by atoms with Crippen molar-refractivity contribution in [3.63, 3.8) is 0 Å². The van der Waals surface area contributed by atoms with Crippen molar-refractivity contribution >= 4 is 22.1 Å². The van der Waals surface area contributed by atoms with Gasteiger partial charge in [-0.15, -0.1) is 0 Å². The molecule has 3 unspecified atom stereocenters. The van der Waals surface area contributed by atoms with Gasteiger partial charge in [-0.25, -0.2) is 0 Å². The molecule has 0 aliphatic heterocycles. The minimum atomic E-state index is -4.37. The van der Waals surface area contributed by atoms with Crippen LogP contribution in [0.15, 0.2) is 29.2 Å². The van der Waals surface area contributed by atoms with Crippen LogP contribution in [0, 0.1) is 22.7 Å². The first-order chi connectivity index (χ1) is 13.3. The Kier molecular flexibility index (Phi) is 7.16. The summed E-state index contributed by atoms with van der Waals surface area (Å²) in [7, 11) is -4.37. The van der Waals surface area contributed by atoms with Crippen molar-refractivity contribution in [1.82, 2.24) is 0 Å². The summed E-state index contributed by atoms with van der Waals surface area (Å²) in [5.74, 6) is -5.37. The molecule has 0 spiro atoms. The molecule has 0 aliphatic carbocycles. The molecule has 9 nitrogen and oxygen atoms in total. The lowest BCUT2D eigenvalue weighted by Crippen LogP contribution is -2.58. The van der Waals surface area contributed by atoms with E-state index < -0.39 is 56.3 Å². The molecule has 170 valence electrons. The molecular weight excluding hydrogens is 412 g/mol. The molecule has 0 aliphatic rings. The van der Waals surface area contributed by atoms with E-state index in [0.29, 0.717) is 5.56 Å². The maximum Gasteiger partial charge on any atom is 0.309 e. The van der Waals surface area contributed by atoms with E-state index in [0.717, 1.165) is 0 Å². The molecule has 1 aromatic carbocycles. The third-order valence-electron chi connectivity index (χ3n) is 6.42. The Balaban J connectivity index is 3.51. The van der Waals surface area contributed by atoms with Crippen molar-refractivity contribution in [3.8, 4) is 0 Å². The van der Waals surface area contributed by atoms with Gasteiger partial charge in [-0.1, -0.05) is 39.8 Å². The van der Waals surface area contributed by atoms with Crippen LogP contribution in [0.5, 0.6) is 0 Å². The van der Waals surface area contributed by atoms with Gasteiger partial charge in [-0.05, 0) is 42.4 Å². The molecule has 0 heterocycles. The molecule has 10 heteroatoms. The molecule has 0 amide bonds. The highest BCUT2D eigenvalue weighted by molar-refractivity contribution is 7.85. The molecule has 1 aromatic rings. The number of carboxylic acid groups (broad SMARTS) is 2. The predicted molar refractivity (Wildman–Crippen MR) is 111 cm³/mol. The van der Waals surface area contributed by atoms with Gasteiger partial charge in [0.2, 0.25) is 0 Å². The van der Waals surface area contributed by atoms with Crippen molar-refractivity contribution in [2.75, 3.05) is 0 Å². The number of hydrogen-bond acceptors (Lipinski definition) is 6. The van der Waals surface area contributed by atoms with Crippen LogP contribution in [-0.4, -0.2) is 40.7 Å². The highest BCUT2D eigenvalue weighted by atomic mass is 32.2. The smallest absolute Gasteiger partial charge is 0.309 e. The fourth-order valence-electron chi connectivity index (χ4n) is 3.82. The van der Waals surface area contributed by atoms with E-state index in [4.69, 9.17) is 16.0 Å². The minimum Gasteiger partial charge on any atom is -0.481 e. The summed E-state index contributed by atoms with van der Waals surface area (Å²) in [6, 6.07) is 4.49. The van der Waals surface area contributed by atoms with Crippen LogP contribution in [0.1, 0.15) is 53.1 Å². The maximum atomic E-state index is 12.2. The second-order valence-electron chi connectivity index (χ2n) is 9.42. The van der Waals surface area contributed by atoms with Crippen molar-refractivity contribution in [2.24, 2.45) is 34.1 Å². The highest BCUT2D eigenvalue weighted by Gasteiger charge is 2.56. The topological polar surface area (TPSA) is 181 Å². The fourth-order valence-corrected chi connectivity index (χ4v) is 4.30.